The van der Waals surface area contributed by atoms with E-state index in [4.69, 9.17) is 0 Å². The van der Waals surface area contributed by atoms with Crippen LogP contribution in [0.25, 0.3) is 0 Å². The first kappa shape index (κ1) is 24.8. The lowest BCUT2D eigenvalue weighted by Gasteiger charge is -2.28. The van der Waals surface area contributed by atoms with Crippen molar-refractivity contribution >= 4 is 46.9 Å². The second-order valence-electron chi connectivity index (χ2n) is 8.63. The Kier molecular flexibility index (Phi) is 9.77. The third-order valence-electron chi connectivity index (χ3n) is 4.89. The highest BCUT2D eigenvalue weighted by Gasteiger charge is 2.33. The maximum atomic E-state index is 12.7. The number of Topliss-reactive ketones (excluding diaryl/α,β-unsaturated/α-hetero) is 1. The van der Waals surface area contributed by atoms with E-state index < -0.39 is 17.7 Å². The minimum Gasteiger partial charge on any atom is -0.352 e. The summed E-state index contributed by atoms with van der Waals surface area (Å²) in [6, 6.07) is -0.825. The molecule has 1 atom stereocenters. The van der Waals surface area contributed by atoms with Gasteiger partial charge in [0.1, 0.15) is 0 Å². The lowest BCUT2D eigenvalue weighted by molar-refractivity contribution is -0.141. The van der Waals surface area contributed by atoms with Gasteiger partial charge in [-0.05, 0) is 24.7 Å². The van der Waals surface area contributed by atoms with Crippen LogP contribution in [0.3, 0.4) is 0 Å². The number of ketones is 1. The van der Waals surface area contributed by atoms with Crippen molar-refractivity contribution in [3.05, 3.63) is 0 Å². The van der Waals surface area contributed by atoms with Gasteiger partial charge in [0.05, 0.1) is 6.04 Å². The molecule has 7 nitrogen and oxygen atoms in total. The molecule has 0 bridgehead atoms. The smallest absolute Gasteiger partial charge is 0.309 e. The minimum absolute atomic E-state index is 0. The van der Waals surface area contributed by atoms with Crippen LogP contribution in [0.5, 0.6) is 0 Å². The van der Waals surface area contributed by atoms with Crippen LogP contribution in [0.4, 0.5) is 0 Å². The Bertz CT molecular complexity index is 600. The number of hydrogen-bond acceptors (Lipinski definition) is 5. The molecule has 0 aromatic carbocycles. The van der Waals surface area contributed by atoms with Crippen molar-refractivity contribution < 1.29 is 14.4 Å². The Labute approximate surface area is 178 Å². The van der Waals surface area contributed by atoms with Gasteiger partial charge in [-0.3, -0.25) is 14.4 Å². The van der Waals surface area contributed by atoms with Crippen molar-refractivity contribution in [3.8, 4) is 0 Å². The SMILES string of the molecule is CN1CCSC1=NNC(=O)C(=O)C(CC(C)(C)C)NC(=O)C1CCCCC1.Cl. The predicted octanol–water partition coefficient (Wildman–Crippen LogP) is 2.54. The summed E-state index contributed by atoms with van der Waals surface area (Å²) >= 11 is 1.53. The third-order valence-corrected chi connectivity index (χ3v) is 5.93. The van der Waals surface area contributed by atoms with E-state index in [1.165, 1.54) is 11.8 Å². The van der Waals surface area contributed by atoms with E-state index >= 15 is 0 Å². The molecule has 1 saturated carbocycles. The number of carbonyl (C=O) groups is 3. The monoisotopic (exact) mass is 432 g/mol. The molecule has 0 aromatic rings. The first-order valence-electron chi connectivity index (χ1n) is 9.73. The zero-order valence-electron chi connectivity index (χ0n) is 17.2. The molecule has 9 heteroatoms. The molecule has 1 heterocycles. The van der Waals surface area contributed by atoms with Crippen LogP contribution in [-0.4, -0.2) is 53.1 Å². The molecule has 0 aromatic heterocycles. The van der Waals surface area contributed by atoms with Crippen molar-refractivity contribution in [3.63, 3.8) is 0 Å². The summed E-state index contributed by atoms with van der Waals surface area (Å²) in [5.41, 5.74) is 2.16. The van der Waals surface area contributed by atoms with Gasteiger partial charge in [-0.2, -0.15) is 0 Å². The molecule has 2 aliphatic rings. The Hall–Kier alpha value is -1.28. The number of nitrogens with zero attached hydrogens (tertiary/aromatic N) is 2. The van der Waals surface area contributed by atoms with Crippen LogP contribution in [0.15, 0.2) is 5.10 Å². The number of hydrogen-bond donors (Lipinski definition) is 2. The van der Waals surface area contributed by atoms with E-state index in [2.05, 4.69) is 15.8 Å². The van der Waals surface area contributed by atoms with Crippen LogP contribution in [0, 0.1) is 11.3 Å². The van der Waals surface area contributed by atoms with E-state index in [0.717, 1.165) is 44.4 Å². The number of rotatable bonds is 6. The lowest BCUT2D eigenvalue weighted by atomic mass is 9.85. The van der Waals surface area contributed by atoms with Crippen LogP contribution >= 0.6 is 24.2 Å². The number of carbonyl (C=O) groups excluding carboxylic acids is 3. The van der Waals surface area contributed by atoms with E-state index in [9.17, 15) is 14.4 Å². The molecular weight excluding hydrogens is 400 g/mol. The highest BCUT2D eigenvalue weighted by molar-refractivity contribution is 8.14. The van der Waals surface area contributed by atoms with Gasteiger partial charge in [0.15, 0.2) is 5.17 Å². The molecule has 2 fully saturated rings. The number of thioether (sulfide) groups is 1. The Balaban J connectivity index is 0.00000392. The topological polar surface area (TPSA) is 90.9 Å². The highest BCUT2D eigenvalue weighted by atomic mass is 35.5. The lowest BCUT2D eigenvalue weighted by Crippen LogP contribution is -2.50. The molecule has 2 N–H and O–H groups in total. The predicted molar refractivity (Wildman–Crippen MR) is 115 cm³/mol. The second kappa shape index (κ2) is 11.0. The second-order valence-corrected chi connectivity index (χ2v) is 9.69. The van der Waals surface area contributed by atoms with Crippen molar-refractivity contribution in [2.75, 3.05) is 19.3 Å². The Morgan fingerprint density at radius 1 is 1.21 bits per heavy atom. The molecular formula is C19H33ClN4O3S. The molecule has 1 unspecified atom stereocenters. The molecule has 0 radical (unpaired) electrons. The maximum Gasteiger partial charge on any atom is 0.309 e. The van der Waals surface area contributed by atoms with E-state index in [-0.39, 0.29) is 29.6 Å². The quantitative estimate of drug-likeness (QED) is 0.497. The highest BCUT2D eigenvalue weighted by Crippen LogP contribution is 2.25. The van der Waals surface area contributed by atoms with E-state index in [1.807, 2.05) is 32.7 Å². The summed E-state index contributed by atoms with van der Waals surface area (Å²) in [5.74, 6) is -0.669. The number of amides is 2. The summed E-state index contributed by atoms with van der Waals surface area (Å²) < 4.78 is 0. The van der Waals surface area contributed by atoms with Gasteiger partial charge in [0.2, 0.25) is 11.7 Å². The Morgan fingerprint density at radius 3 is 2.39 bits per heavy atom. The van der Waals surface area contributed by atoms with Gasteiger partial charge >= 0.3 is 5.91 Å². The molecule has 1 saturated heterocycles. The van der Waals surface area contributed by atoms with Crippen molar-refractivity contribution in [2.45, 2.75) is 65.3 Å². The molecule has 1 aliphatic carbocycles. The largest absolute Gasteiger partial charge is 0.352 e. The van der Waals surface area contributed by atoms with Gasteiger partial charge in [0.25, 0.3) is 0 Å². The van der Waals surface area contributed by atoms with Gasteiger partial charge in [-0.15, -0.1) is 17.5 Å². The summed E-state index contributed by atoms with van der Waals surface area (Å²) in [6.45, 7) is 6.82. The normalized spacial score (nSPS) is 20.4. The van der Waals surface area contributed by atoms with Crippen LogP contribution in [0.1, 0.15) is 59.3 Å². The van der Waals surface area contributed by atoms with Crippen molar-refractivity contribution in [1.82, 2.24) is 15.6 Å². The number of hydrazone groups is 1. The first-order valence-corrected chi connectivity index (χ1v) is 10.7. The van der Waals surface area contributed by atoms with Crippen molar-refractivity contribution in [1.29, 1.82) is 0 Å². The molecule has 1 aliphatic heterocycles. The van der Waals surface area contributed by atoms with Gasteiger partial charge in [-0.25, -0.2) is 5.43 Å². The number of halogens is 1. The summed E-state index contributed by atoms with van der Waals surface area (Å²) in [6.07, 6.45) is 5.35. The fourth-order valence-corrected chi connectivity index (χ4v) is 4.35. The molecule has 28 heavy (non-hydrogen) atoms. The Morgan fingerprint density at radius 2 is 1.86 bits per heavy atom. The maximum absolute atomic E-state index is 12.7. The average molecular weight is 433 g/mol. The average Bonchev–Trinajstić information content (AvgIpc) is 3.03. The van der Waals surface area contributed by atoms with E-state index in [0.29, 0.717) is 11.6 Å². The fourth-order valence-electron chi connectivity index (χ4n) is 3.39. The number of nitrogens with one attached hydrogen (secondary N) is 2. The molecule has 2 amide bonds. The van der Waals surface area contributed by atoms with Gasteiger partial charge in [0, 0.05) is 25.3 Å². The first-order chi connectivity index (χ1) is 12.7. The fraction of sp³-hybridized carbons (Fsp3) is 0.789. The third kappa shape index (κ3) is 7.62. The molecule has 0 spiro atoms. The minimum atomic E-state index is -0.825. The van der Waals surface area contributed by atoms with Gasteiger partial charge < -0.3 is 10.2 Å². The molecule has 2 rings (SSSR count). The summed E-state index contributed by atoms with van der Waals surface area (Å²) in [5, 5.41) is 7.58. The van der Waals surface area contributed by atoms with Crippen LogP contribution in [0.2, 0.25) is 0 Å². The zero-order chi connectivity index (χ0) is 20.0. The van der Waals surface area contributed by atoms with E-state index in [1.54, 1.807) is 0 Å². The summed E-state index contributed by atoms with van der Waals surface area (Å²) in [4.78, 5) is 39.6. The van der Waals surface area contributed by atoms with Gasteiger partial charge in [-0.1, -0.05) is 51.8 Å². The molecule has 160 valence electrons. The summed E-state index contributed by atoms with van der Waals surface area (Å²) in [7, 11) is 1.89. The van der Waals surface area contributed by atoms with Crippen molar-refractivity contribution in [2.24, 2.45) is 16.4 Å². The standard InChI is InChI=1S/C19H32N4O3S.ClH/c1-19(2,3)12-14(20-16(25)13-8-6-5-7-9-13)15(24)17(26)21-22-18-23(4)10-11-27-18;/h13-14H,5-12H2,1-4H3,(H,20,25)(H,21,26);1H. The van der Waals surface area contributed by atoms with Crippen LogP contribution < -0.4 is 10.7 Å². The number of amidine groups is 1. The zero-order valence-corrected chi connectivity index (χ0v) is 18.9. The van der Waals surface area contributed by atoms with Crippen LogP contribution in [-0.2, 0) is 14.4 Å².